The normalized spacial score (nSPS) is 17.2. The molecule has 1 unspecified atom stereocenters. The number of carbonyl (C=O) groups is 2. The summed E-state index contributed by atoms with van der Waals surface area (Å²) in [6.45, 7) is -0.479. The monoisotopic (exact) mass is 448 g/mol. The average molecular weight is 448 g/mol. The van der Waals surface area contributed by atoms with Crippen LogP contribution in [0.5, 0.6) is 0 Å². The number of rotatable bonds is 7. The van der Waals surface area contributed by atoms with Crippen LogP contribution in [0.25, 0.3) is 5.69 Å². The van der Waals surface area contributed by atoms with Gasteiger partial charge in [-0.15, -0.1) is 0 Å². The quantitative estimate of drug-likeness (QED) is 0.558. The summed E-state index contributed by atoms with van der Waals surface area (Å²) in [5, 5.41) is 11.3. The minimum absolute atomic E-state index is 0.134. The molecule has 2 aromatic carbocycles. The van der Waals surface area contributed by atoms with Crippen molar-refractivity contribution < 1.29 is 23.6 Å². The Bertz CT molecular complexity index is 1220. The van der Waals surface area contributed by atoms with Crippen molar-refractivity contribution in [3.8, 4) is 5.69 Å². The molecular weight excluding hydrogens is 427 g/mol. The minimum Gasteiger partial charge on any atom is -0.453 e. The minimum atomic E-state index is -0.979. The van der Waals surface area contributed by atoms with Crippen molar-refractivity contribution in [2.75, 3.05) is 11.9 Å². The number of anilines is 1. The number of aromatic nitrogens is 2. The summed E-state index contributed by atoms with van der Waals surface area (Å²) in [6, 6.07) is 17.2. The maximum Gasteiger partial charge on any atom is 0.351 e. The van der Waals surface area contributed by atoms with Gasteiger partial charge in [0.25, 0.3) is 5.91 Å². The van der Waals surface area contributed by atoms with Crippen molar-refractivity contribution in [2.45, 2.75) is 31.3 Å². The van der Waals surface area contributed by atoms with Gasteiger partial charge >= 0.3 is 5.97 Å². The summed E-state index contributed by atoms with van der Waals surface area (Å²) in [5.41, 5.74) is 2.72. The Morgan fingerprint density at radius 2 is 1.94 bits per heavy atom. The number of carbonyl (C=O) groups excluding carboxylic acids is 2. The van der Waals surface area contributed by atoms with E-state index in [1.165, 1.54) is 12.1 Å². The summed E-state index contributed by atoms with van der Waals surface area (Å²) >= 11 is 0. The van der Waals surface area contributed by atoms with Gasteiger partial charge in [-0.25, -0.2) is 13.9 Å². The van der Waals surface area contributed by atoms with Gasteiger partial charge in [-0.05, 0) is 37.1 Å². The van der Waals surface area contributed by atoms with Crippen LogP contribution >= 0.6 is 0 Å². The molecule has 1 saturated carbocycles. The number of hydrogen-bond acceptors (Lipinski definition) is 6. The molecule has 0 saturated heterocycles. The van der Waals surface area contributed by atoms with Gasteiger partial charge in [-0.3, -0.25) is 4.79 Å². The fourth-order valence-corrected chi connectivity index (χ4v) is 3.58. The van der Waals surface area contributed by atoms with E-state index >= 15 is 0 Å². The van der Waals surface area contributed by atoms with E-state index in [9.17, 15) is 14.0 Å². The Balaban J connectivity index is 1.18. The van der Waals surface area contributed by atoms with Gasteiger partial charge in [-0.2, -0.15) is 5.10 Å². The molecule has 3 aromatic rings. The zero-order chi connectivity index (χ0) is 22.8. The van der Waals surface area contributed by atoms with Crippen molar-refractivity contribution >= 4 is 23.4 Å². The summed E-state index contributed by atoms with van der Waals surface area (Å²) in [4.78, 5) is 30.0. The highest BCUT2D eigenvalue weighted by Crippen LogP contribution is 2.40. The molecule has 1 aliphatic carbocycles. The topological polar surface area (TPSA) is 94.8 Å². The lowest BCUT2D eigenvalue weighted by atomic mass is 10.1. The number of amides is 1. The highest BCUT2D eigenvalue weighted by molar-refractivity contribution is 6.03. The van der Waals surface area contributed by atoms with Crippen molar-refractivity contribution in [2.24, 2.45) is 5.16 Å². The number of benzene rings is 2. The van der Waals surface area contributed by atoms with E-state index < -0.39 is 30.4 Å². The molecule has 8 nitrogen and oxygen atoms in total. The van der Waals surface area contributed by atoms with Crippen LogP contribution in [-0.2, 0) is 19.2 Å². The predicted molar refractivity (Wildman–Crippen MR) is 118 cm³/mol. The number of para-hydroxylation sites is 1. The van der Waals surface area contributed by atoms with Crippen molar-refractivity contribution in [3.63, 3.8) is 0 Å². The number of halogens is 1. The maximum absolute atomic E-state index is 13.4. The first-order chi connectivity index (χ1) is 16.1. The third-order valence-electron chi connectivity index (χ3n) is 5.43. The molecule has 1 aromatic heterocycles. The number of nitrogens with zero attached hydrogens (tertiary/aromatic N) is 3. The molecule has 1 fully saturated rings. The molecule has 9 heteroatoms. The molecule has 1 aliphatic heterocycles. The Hall–Kier alpha value is -4.01. The Morgan fingerprint density at radius 3 is 2.70 bits per heavy atom. The van der Waals surface area contributed by atoms with Gasteiger partial charge in [0.15, 0.2) is 6.61 Å². The van der Waals surface area contributed by atoms with Crippen molar-refractivity contribution in [1.29, 1.82) is 0 Å². The lowest BCUT2D eigenvalue weighted by molar-refractivity contribution is -0.157. The lowest BCUT2D eigenvalue weighted by Gasteiger charge is -2.10. The van der Waals surface area contributed by atoms with E-state index in [2.05, 4.69) is 15.6 Å². The standard InChI is InChI=1S/C24H21FN4O4/c25-17-6-4-5-16(11-17)20-12-21(33-28-20)24(31)32-14-23(30)26-22-13-19(15-9-10-15)27-29(22)18-7-2-1-3-8-18/h1-8,11,13,15,21H,9-10,12,14H2,(H,26,30). The smallest absolute Gasteiger partial charge is 0.351 e. The molecule has 0 radical (unpaired) electrons. The van der Waals surface area contributed by atoms with Crippen molar-refractivity contribution in [3.05, 3.63) is 77.7 Å². The van der Waals surface area contributed by atoms with E-state index in [0.717, 1.165) is 24.2 Å². The predicted octanol–water partition coefficient (Wildman–Crippen LogP) is 3.56. The fraction of sp³-hybridized carbons (Fsp3) is 0.250. The SMILES string of the molecule is O=C(COC(=O)C1CC(c2cccc(F)c2)=NO1)Nc1cc(C2CC2)nn1-c1ccccc1. The second-order valence-electron chi connectivity index (χ2n) is 7.98. The van der Waals surface area contributed by atoms with Crippen LogP contribution in [0.15, 0.2) is 65.8 Å². The van der Waals surface area contributed by atoms with Crippen LogP contribution in [0.3, 0.4) is 0 Å². The molecule has 1 amide bonds. The van der Waals surface area contributed by atoms with Crippen molar-refractivity contribution in [1.82, 2.24) is 9.78 Å². The Labute approximate surface area is 189 Å². The number of esters is 1. The van der Waals surface area contributed by atoms with Gasteiger partial charge in [0.2, 0.25) is 6.10 Å². The van der Waals surface area contributed by atoms with Crippen LogP contribution in [0.1, 0.15) is 36.4 Å². The summed E-state index contributed by atoms with van der Waals surface area (Å²) in [7, 11) is 0. The first-order valence-corrected chi connectivity index (χ1v) is 10.7. The zero-order valence-corrected chi connectivity index (χ0v) is 17.6. The van der Waals surface area contributed by atoms with Crippen LogP contribution in [-0.4, -0.2) is 40.1 Å². The highest BCUT2D eigenvalue weighted by atomic mass is 19.1. The van der Waals surface area contributed by atoms with Crippen LogP contribution in [0.2, 0.25) is 0 Å². The highest BCUT2D eigenvalue weighted by Gasteiger charge is 2.31. The van der Waals surface area contributed by atoms with E-state index in [0.29, 0.717) is 23.0 Å². The molecular formula is C24H21FN4O4. The summed E-state index contributed by atoms with van der Waals surface area (Å²) in [5.74, 6) is -0.687. The second kappa shape index (κ2) is 8.85. The molecule has 5 rings (SSSR count). The Kier molecular flexibility index (Phi) is 5.60. The third kappa shape index (κ3) is 4.77. The van der Waals surface area contributed by atoms with Gasteiger partial charge in [0.1, 0.15) is 11.6 Å². The number of hydrogen-bond donors (Lipinski definition) is 1. The van der Waals surface area contributed by atoms with Crippen LogP contribution in [0.4, 0.5) is 10.2 Å². The number of oxime groups is 1. The van der Waals surface area contributed by atoms with E-state index in [1.54, 1.807) is 16.8 Å². The zero-order valence-electron chi connectivity index (χ0n) is 17.6. The number of nitrogens with one attached hydrogen (secondary N) is 1. The molecule has 0 bridgehead atoms. The Morgan fingerprint density at radius 1 is 1.12 bits per heavy atom. The van der Waals surface area contributed by atoms with E-state index in [1.807, 2.05) is 36.4 Å². The molecule has 33 heavy (non-hydrogen) atoms. The number of ether oxygens (including phenoxy) is 1. The lowest BCUT2D eigenvalue weighted by Crippen LogP contribution is -2.28. The molecule has 2 aliphatic rings. The van der Waals surface area contributed by atoms with E-state index in [-0.39, 0.29) is 6.42 Å². The summed E-state index contributed by atoms with van der Waals surface area (Å²) < 4.78 is 20.2. The third-order valence-corrected chi connectivity index (χ3v) is 5.43. The molecule has 1 N–H and O–H groups in total. The first kappa shape index (κ1) is 20.9. The largest absolute Gasteiger partial charge is 0.453 e. The first-order valence-electron chi connectivity index (χ1n) is 10.7. The van der Waals surface area contributed by atoms with Gasteiger partial charge in [-0.1, -0.05) is 35.5 Å². The van der Waals surface area contributed by atoms with Gasteiger partial charge < -0.3 is 14.9 Å². The molecule has 2 heterocycles. The molecule has 0 spiro atoms. The van der Waals surface area contributed by atoms with E-state index in [4.69, 9.17) is 9.57 Å². The van der Waals surface area contributed by atoms with Gasteiger partial charge in [0.05, 0.1) is 17.1 Å². The molecule has 1 atom stereocenters. The molecule has 168 valence electrons. The van der Waals surface area contributed by atoms with Crippen LogP contribution < -0.4 is 5.32 Å². The van der Waals surface area contributed by atoms with Gasteiger partial charge in [0, 0.05) is 24.0 Å². The maximum atomic E-state index is 13.4. The second-order valence-corrected chi connectivity index (χ2v) is 7.98. The fourth-order valence-electron chi connectivity index (χ4n) is 3.58. The van der Waals surface area contributed by atoms with Crippen LogP contribution in [0, 0.1) is 5.82 Å². The average Bonchev–Trinajstić information content (AvgIpc) is 3.40. The summed E-state index contributed by atoms with van der Waals surface area (Å²) in [6.07, 6.45) is 1.32.